The van der Waals surface area contributed by atoms with Gasteiger partial charge in [-0.3, -0.25) is 9.59 Å². The van der Waals surface area contributed by atoms with Gasteiger partial charge in [0, 0.05) is 49.6 Å². The number of hydrogen-bond acceptors (Lipinski definition) is 5. The van der Waals surface area contributed by atoms with Crippen LogP contribution in [0.4, 0.5) is 24.1 Å². The average molecular weight is 519 g/mol. The number of urea groups is 1. The van der Waals surface area contributed by atoms with Gasteiger partial charge in [-0.15, -0.1) is 0 Å². The number of benzene rings is 1. The second-order valence-corrected chi connectivity index (χ2v) is 10.7. The standard InChI is InChI=1S/C26H32F2N4O5/c1-15-3-6-20(16-7-10-25(27,28)11-8-16)32(15)21(33)14-31-22(34)26(37-24(31)36)12-9-17-13-18(4-5-19(17)26)30-23(35)29-2/h4-5,13,15-16,20H,3,6-12,14H2,1-2H3,(H2,29,30,35)/t15-,20-,26+/m0/s1. The molecule has 2 heterocycles. The topological polar surface area (TPSA) is 108 Å². The van der Waals surface area contributed by atoms with Crippen molar-refractivity contribution in [2.45, 2.75) is 81.9 Å². The molecular weight excluding hydrogens is 486 g/mol. The van der Waals surface area contributed by atoms with Crippen LogP contribution in [0, 0.1) is 5.92 Å². The molecule has 3 fully saturated rings. The summed E-state index contributed by atoms with van der Waals surface area (Å²) >= 11 is 0. The molecule has 9 nitrogen and oxygen atoms in total. The molecule has 0 aromatic heterocycles. The normalized spacial score (nSPS) is 29.0. The van der Waals surface area contributed by atoms with Gasteiger partial charge in [-0.2, -0.15) is 0 Å². The predicted molar refractivity (Wildman–Crippen MR) is 129 cm³/mol. The zero-order chi connectivity index (χ0) is 26.5. The van der Waals surface area contributed by atoms with E-state index in [1.54, 1.807) is 23.1 Å². The molecule has 37 heavy (non-hydrogen) atoms. The zero-order valence-electron chi connectivity index (χ0n) is 21.0. The monoisotopic (exact) mass is 518 g/mol. The summed E-state index contributed by atoms with van der Waals surface area (Å²) in [5.41, 5.74) is 0.404. The molecule has 1 saturated carbocycles. The van der Waals surface area contributed by atoms with E-state index >= 15 is 0 Å². The Labute approximate surface area is 213 Å². The number of ether oxygens (including phenoxy) is 1. The van der Waals surface area contributed by atoms with Gasteiger partial charge in [-0.25, -0.2) is 23.3 Å². The number of alkyl halides is 2. The Morgan fingerprint density at radius 1 is 1.11 bits per heavy atom. The van der Waals surface area contributed by atoms with Crippen LogP contribution >= 0.6 is 0 Å². The number of halogens is 2. The highest BCUT2D eigenvalue weighted by atomic mass is 19.3. The number of hydrogen-bond donors (Lipinski definition) is 2. The van der Waals surface area contributed by atoms with Crippen molar-refractivity contribution in [1.82, 2.24) is 15.1 Å². The van der Waals surface area contributed by atoms with Gasteiger partial charge in [0.1, 0.15) is 6.54 Å². The average Bonchev–Trinajstić information content (AvgIpc) is 3.49. The Morgan fingerprint density at radius 2 is 1.84 bits per heavy atom. The molecule has 2 aliphatic heterocycles. The van der Waals surface area contributed by atoms with Crippen LogP contribution in [-0.2, 0) is 26.3 Å². The van der Waals surface area contributed by atoms with Crippen LogP contribution in [-0.4, -0.2) is 65.3 Å². The fourth-order valence-corrected chi connectivity index (χ4v) is 6.50. The molecule has 5 rings (SSSR count). The van der Waals surface area contributed by atoms with E-state index in [0.29, 0.717) is 30.5 Å². The molecular formula is C26H32F2N4O5. The largest absolute Gasteiger partial charge is 0.427 e. The third-order valence-electron chi connectivity index (χ3n) is 8.44. The van der Waals surface area contributed by atoms with Crippen molar-refractivity contribution in [2.24, 2.45) is 5.92 Å². The number of imide groups is 1. The molecule has 1 aromatic carbocycles. The summed E-state index contributed by atoms with van der Waals surface area (Å²) in [5.74, 6) is -3.59. The quantitative estimate of drug-likeness (QED) is 0.631. The third-order valence-corrected chi connectivity index (χ3v) is 8.44. The van der Waals surface area contributed by atoms with Crippen LogP contribution in [0.5, 0.6) is 0 Å². The number of nitrogens with zero attached hydrogens (tertiary/aromatic N) is 2. The predicted octanol–water partition coefficient (Wildman–Crippen LogP) is 3.76. The van der Waals surface area contributed by atoms with Gasteiger partial charge in [-0.05, 0) is 62.6 Å². The summed E-state index contributed by atoms with van der Waals surface area (Å²) in [5, 5.41) is 5.15. The lowest BCUT2D eigenvalue weighted by molar-refractivity contribution is -0.143. The lowest BCUT2D eigenvalue weighted by atomic mass is 9.81. The van der Waals surface area contributed by atoms with Gasteiger partial charge < -0.3 is 20.3 Å². The van der Waals surface area contributed by atoms with E-state index in [1.807, 2.05) is 6.92 Å². The number of nitrogens with one attached hydrogen (secondary N) is 2. The molecule has 0 radical (unpaired) electrons. The molecule has 2 saturated heterocycles. The van der Waals surface area contributed by atoms with Crippen molar-refractivity contribution >= 4 is 29.6 Å². The lowest BCUT2D eigenvalue weighted by Gasteiger charge is -2.38. The Kier molecular flexibility index (Phi) is 6.35. The molecule has 5 amide bonds. The minimum atomic E-state index is -2.65. The van der Waals surface area contributed by atoms with Crippen molar-refractivity contribution in [3.8, 4) is 0 Å². The molecule has 1 aromatic rings. The summed E-state index contributed by atoms with van der Waals surface area (Å²) in [6.45, 7) is 1.48. The summed E-state index contributed by atoms with van der Waals surface area (Å²) in [6.07, 6.45) is 1.70. The van der Waals surface area contributed by atoms with E-state index in [4.69, 9.17) is 4.74 Å². The van der Waals surface area contributed by atoms with Gasteiger partial charge in [0.25, 0.3) is 5.91 Å². The maximum Gasteiger partial charge on any atom is 0.418 e. The van der Waals surface area contributed by atoms with Crippen LogP contribution in [0.25, 0.3) is 0 Å². The van der Waals surface area contributed by atoms with E-state index in [-0.39, 0.29) is 49.2 Å². The van der Waals surface area contributed by atoms with Crippen LogP contribution in [0.15, 0.2) is 18.2 Å². The first-order valence-electron chi connectivity index (χ1n) is 12.9. The van der Waals surface area contributed by atoms with Gasteiger partial charge in [0.05, 0.1) is 0 Å². The number of rotatable bonds is 4. The maximum atomic E-state index is 13.7. The molecule has 3 atom stereocenters. The molecule has 200 valence electrons. The number of amides is 5. The van der Waals surface area contributed by atoms with Crippen molar-refractivity contribution in [3.63, 3.8) is 0 Å². The molecule has 4 aliphatic rings. The number of aryl methyl sites for hydroxylation is 1. The molecule has 11 heteroatoms. The Morgan fingerprint density at radius 3 is 2.54 bits per heavy atom. The fourth-order valence-electron chi connectivity index (χ4n) is 6.50. The molecule has 1 spiro atoms. The molecule has 0 unspecified atom stereocenters. The minimum Gasteiger partial charge on any atom is -0.427 e. The highest BCUT2D eigenvalue weighted by Gasteiger charge is 2.58. The second-order valence-electron chi connectivity index (χ2n) is 10.7. The molecule has 0 bridgehead atoms. The van der Waals surface area contributed by atoms with E-state index in [0.717, 1.165) is 23.3 Å². The molecule has 2 aliphatic carbocycles. The van der Waals surface area contributed by atoms with Crippen LogP contribution in [0.1, 0.15) is 63.0 Å². The first-order chi connectivity index (χ1) is 17.5. The summed E-state index contributed by atoms with van der Waals surface area (Å²) in [4.78, 5) is 54.1. The van der Waals surface area contributed by atoms with E-state index in [2.05, 4.69) is 10.6 Å². The maximum absolute atomic E-state index is 13.7. The second kappa shape index (κ2) is 9.25. The summed E-state index contributed by atoms with van der Waals surface area (Å²) < 4.78 is 33.0. The summed E-state index contributed by atoms with van der Waals surface area (Å²) in [6, 6.07) is 4.42. The number of anilines is 1. The van der Waals surface area contributed by atoms with Crippen LogP contribution in [0.2, 0.25) is 0 Å². The Bertz CT molecular complexity index is 1130. The Balaban J connectivity index is 1.31. The van der Waals surface area contributed by atoms with Gasteiger partial charge >= 0.3 is 12.1 Å². The Hall–Kier alpha value is -3.24. The van der Waals surface area contributed by atoms with Crippen molar-refractivity contribution in [1.29, 1.82) is 0 Å². The van der Waals surface area contributed by atoms with E-state index < -0.39 is 30.1 Å². The van der Waals surface area contributed by atoms with Gasteiger partial charge in [0.15, 0.2) is 0 Å². The van der Waals surface area contributed by atoms with Gasteiger partial charge in [-0.1, -0.05) is 6.07 Å². The SMILES string of the molecule is CNC(=O)Nc1ccc2c(c1)CC[C@@]21OC(=O)N(CC(=O)N2[C@@H](C)CC[C@H]2C2CCC(F)(F)CC2)C1=O. The lowest BCUT2D eigenvalue weighted by Crippen LogP contribution is -2.50. The number of carbonyl (C=O) groups is 4. The number of fused-ring (bicyclic) bond motifs is 2. The smallest absolute Gasteiger partial charge is 0.418 e. The zero-order valence-corrected chi connectivity index (χ0v) is 21.0. The van der Waals surface area contributed by atoms with Crippen LogP contribution < -0.4 is 10.6 Å². The first kappa shape index (κ1) is 25.4. The first-order valence-corrected chi connectivity index (χ1v) is 12.9. The van der Waals surface area contributed by atoms with E-state index in [9.17, 15) is 28.0 Å². The van der Waals surface area contributed by atoms with Crippen molar-refractivity contribution in [2.75, 3.05) is 18.9 Å². The van der Waals surface area contributed by atoms with Crippen molar-refractivity contribution < 1.29 is 32.7 Å². The van der Waals surface area contributed by atoms with E-state index in [1.165, 1.54) is 7.05 Å². The number of likely N-dealkylation sites (tertiary alicyclic amines) is 1. The highest BCUT2D eigenvalue weighted by Crippen LogP contribution is 2.46. The number of carbonyl (C=O) groups excluding carboxylic acids is 4. The third kappa shape index (κ3) is 4.42. The molecule has 2 N–H and O–H groups in total. The highest BCUT2D eigenvalue weighted by molar-refractivity contribution is 6.06. The van der Waals surface area contributed by atoms with Gasteiger partial charge in [0.2, 0.25) is 17.4 Å². The van der Waals surface area contributed by atoms with Crippen molar-refractivity contribution in [3.05, 3.63) is 29.3 Å². The summed E-state index contributed by atoms with van der Waals surface area (Å²) in [7, 11) is 1.50. The fraction of sp³-hybridized carbons (Fsp3) is 0.615. The minimum absolute atomic E-state index is 0.0135. The van der Waals surface area contributed by atoms with Crippen LogP contribution in [0.3, 0.4) is 0 Å².